The number of carbonyl (C=O) groups is 2. The fourth-order valence-electron chi connectivity index (χ4n) is 4.04. The van der Waals surface area contributed by atoms with Crippen LogP contribution in [0.15, 0.2) is 0 Å². The lowest BCUT2D eigenvalue weighted by atomic mass is 9.78. The predicted octanol–water partition coefficient (Wildman–Crippen LogP) is 1.59. The molecule has 1 unspecified atom stereocenters. The Balaban J connectivity index is 1.70. The van der Waals surface area contributed by atoms with Crippen molar-refractivity contribution in [3.8, 4) is 0 Å². The zero-order valence-electron chi connectivity index (χ0n) is 12.3. The number of carbonyl (C=O) groups excluding carboxylic acids is 1. The number of nitrogens with one attached hydrogen (secondary N) is 1. The van der Waals surface area contributed by atoms with E-state index in [4.69, 9.17) is 4.74 Å². The minimum Gasteiger partial charge on any atom is -0.479 e. The zero-order chi connectivity index (χ0) is 14.9. The summed E-state index contributed by atoms with van der Waals surface area (Å²) in [6.45, 7) is 1.19. The van der Waals surface area contributed by atoms with Gasteiger partial charge in [-0.2, -0.15) is 0 Å². The van der Waals surface area contributed by atoms with E-state index < -0.39 is 11.5 Å². The van der Waals surface area contributed by atoms with Crippen LogP contribution in [0.25, 0.3) is 0 Å². The van der Waals surface area contributed by atoms with Crippen molar-refractivity contribution in [3.63, 3.8) is 0 Å². The highest BCUT2D eigenvalue weighted by Gasteiger charge is 2.46. The Kier molecular flexibility index (Phi) is 4.06. The van der Waals surface area contributed by atoms with E-state index in [1.54, 1.807) is 0 Å². The Morgan fingerprint density at radius 2 is 1.95 bits per heavy atom. The number of amides is 2. The first-order chi connectivity index (χ1) is 10.1. The molecule has 0 aromatic rings. The van der Waals surface area contributed by atoms with Gasteiger partial charge in [0.2, 0.25) is 0 Å². The first kappa shape index (κ1) is 14.6. The minimum absolute atomic E-state index is 0.0655. The SMILES string of the molecule is O=C(NC1(C(=O)O)CCOC1)N1CCC[C@H]2CCCC[C@H]21. The summed E-state index contributed by atoms with van der Waals surface area (Å²) in [5.74, 6) is -0.399. The van der Waals surface area contributed by atoms with Gasteiger partial charge in [0.1, 0.15) is 0 Å². The topological polar surface area (TPSA) is 78.9 Å². The quantitative estimate of drug-likeness (QED) is 0.811. The molecule has 0 bridgehead atoms. The van der Waals surface area contributed by atoms with E-state index in [9.17, 15) is 14.7 Å². The maximum absolute atomic E-state index is 12.6. The van der Waals surface area contributed by atoms with Crippen LogP contribution in [0.5, 0.6) is 0 Å². The highest BCUT2D eigenvalue weighted by Crippen LogP contribution is 2.35. The normalized spacial score (nSPS) is 36.1. The summed E-state index contributed by atoms with van der Waals surface area (Å²) in [6.07, 6.45) is 7.22. The first-order valence-corrected chi connectivity index (χ1v) is 8.02. The van der Waals surface area contributed by atoms with Gasteiger partial charge in [0.15, 0.2) is 5.54 Å². The maximum Gasteiger partial charge on any atom is 0.332 e. The number of aliphatic carboxylic acids is 1. The molecule has 0 spiro atoms. The summed E-state index contributed by atoms with van der Waals surface area (Å²) in [5.41, 5.74) is -1.24. The summed E-state index contributed by atoms with van der Waals surface area (Å²) < 4.78 is 5.20. The highest BCUT2D eigenvalue weighted by atomic mass is 16.5. The number of ether oxygens (including phenoxy) is 1. The van der Waals surface area contributed by atoms with Gasteiger partial charge in [-0.3, -0.25) is 0 Å². The second-order valence-corrected chi connectivity index (χ2v) is 6.57. The predicted molar refractivity (Wildman–Crippen MR) is 76.0 cm³/mol. The number of likely N-dealkylation sites (tertiary alicyclic amines) is 1. The highest BCUT2D eigenvalue weighted by molar-refractivity contribution is 5.87. The lowest BCUT2D eigenvalue weighted by Gasteiger charge is -2.44. The van der Waals surface area contributed by atoms with Gasteiger partial charge in [0.05, 0.1) is 6.61 Å². The van der Waals surface area contributed by atoms with Crippen LogP contribution in [0, 0.1) is 5.92 Å². The van der Waals surface area contributed by atoms with Gasteiger partial charge < -0.3 is 20.1 Å². The molecule has 0 radical (unpaired) electrons. The number of carboxylic acid groups (broad SMARTS) is 1. The fourth-order valence-corrected chi connectivity index (χ4v) is 4.04. The van der Waals surface area contributed by atoms with E-state index in [0.29, 0.717) is 25.0 Å². The molecule has 3 atom stereocenters. The van der Waals surface area contributed by atoms with Crippen molar-refractivity contribution in [2.45, 2.75) is 56.5 Å². The molecule has 3 fully saturated rings. The molecule has 2 N–H and O–H groups in total. The van der Waals surface area contributed by atoms with E-state index in [-0.39, 0.29) is 12.6 Å². The summed E-state index contributed by atoms with van der Waals surface area (Å²) in [4.78, 5) is 26.0. The molecule has 1 aliphatic carbocycles. The number of piperidine rings is 1. The number of urea groups is 1. The van der Waals surface area contributed by atoms with Gasteiger partial charge >= 0.3 is 12.0 Å². The Morgan fingerprint density at radius 1 is 1.19 bits per heavy atom. The number of hydrogen-bond acceptors (Lipinski definition) is 3. The van der Waals surface area contributed by atoms with Gasteiger partial charge in [0, 0.05) is 25.6 Å². The number of hydrogen-bond donors (Lipinski definition) is 2. The van der Waals surface area contributed by atoms with Crippen molar-refractivity contribution in [1.82, 2.24) is 10.2 Å². The molecule has 6 heteroatoms. The first-order valence-electron chi connectivity index (χ1n) is 8.02. The van der Waals surface area contributed by atoms with Crippen molar-refractivity contribution in [2.24, 2.45) is 5.92 Å². The van der Waals surface area contributed by atoms with Crippen molar-refractivity contribution in [1.29, 1.82) is 0 Å². The molecule has 1 saturated carbocycles. The minimum atomic E-state index is -1.24. The van der Waals surface area contributed by atoms with E-state index >= 15 is 0 Å². The van der Waals surface area contributed by atoms with E-state index in [1.165, 1.54) is 19.3 Å². The Bertz CT molecular complexity index is 418. The van der Waals surface area contributed by atoms with Crippen LogP contribution >= 0.6 is 0 Å². The lowest BCUT2D eigenvalue weighted by molar-refractivity contribution is -0.144. The monoisotopic (exact) mass is 296 g/mol. The fraction of sp³-hybridized carbons (Fsp3) is 0.867. The van der Waals surface area contributed by atoms with Crippen molar-refractivity contribution in [2.75, 3.05) is 19.8 Å². The van der Waals surface area contributed by atoms with E-state index in [2.05, 4.69) is 5.32 Å². The Morgan fingerprint density at radius 3 is 2.67 bits per heavy atom. The van der Waals surface area contributed by atoms with Gasteiger partial charge in [0.25, 0.3) is 0 Å². The summed E-state index contributed by atoms with van der Waals surface area (Å²) >= 11 is 0. The molecular weight excluding hydrogens is 272 g/mol. The molecule has 2 aliphatic heterocycles. The Hall–Kier alpha value is -1.30. The van der Waals surface area contributed by atoms with Crippen LogP contribution in [0.1, 0.15) is 44.9 Å². The van der Waals surface area contributed by atoms with Gasteiger partial charge in [-0.25, -0.2) is 9.59 Å². The smallest absolute Gasteiger partial charge is 0.332 e. The third-order valence-corrected chi connectivity index (χ3v) is 5.28. The number of carboxylic acids is 1. The summed E-state index contributed by atoms with van der Waals surface area (Å²) in [7, 11) is 0. The second-order valence-electron chi connectivity index (χ2n) is 6.57. The standard InChI is InChI=1S/C15H24N2O4/c18-13(19)15(7-9-21-10-15)16-14(20)17-8-3-5-11-4-1-2-6-12(11)17/h11-12H,1-10H2,(H,16,20)(H,18,19)/t11-,12-,15?/m1/s1. The molecule has 0 aromatic carbocycles. The van der Waals surface area contributed by atoms with Crippen LogP contribution in [-0.2, 0) is 9.53 Å². The van der Waals surface area contributed by atoms with Gasteiger partial charge in [-0.1, -0.05) is 12.8 Å². The molecule has 0 aromatic heterocycles. The van der Waals surface area contributed by atoms with Crippen LogP contribution < -0.4 is 5.32 Å². The summed E-state index contributed by atoms with van der Waals surface area (Å²) in [6, 6.07) is 0.0696. The molecule has 3 aliphatic rings. The summed E-state index contributed by atoms with van der Waals surface area (Å²) in [5, 5.41) is 12.2. The third kappa shape index (κ3) is 2.73. The van der Waals surface area contributed by atoms with Crippen LogP contribution in [0.3, 0.4) is 0 Å². The molecule has 2 saturated heterocycles. The van der Waals surface area contributed by atoms with E-state index in [1.807, 2.05) is 4.90 Å². The molecule has 3 rings (SSSR count). The van der Waals surface area contributed by atoms with Crippen LogP contribution in [0.2, 0.25) is 0 Å². The van der Waals surface area contributed by atoms with Crippen molar-refractivity contribution in [3.05, 3.63) is 0 Å². The lowest BCUT2D eigenvalue weighted by Crippen LogP contribution is -2.61. The number of rotatable bonds is 2. The molecule has 21 heavy (non-hydrogen) atoms. The largest absolute Gasteiger partial charge is 0.479 e. The maximum atomic E-state index is 12.6. The third-order valence-electron chi connectivity index (χ3n) is 5.28. The van der Waals surface area contributed by atoms with Crippen molar-refractivity contribution < 1.29 is 19.4 Å². The molecule has 2 heterocycles. The van der Waals surface area contributed by atoms with Crippen LogP contribution in [0.4, 0.5) is 4.79 Å². The molecule has 118 valence electrons. The van der Waals surface area contributed by atoms with Crippen LogP contribution in [-0.4, -0.2) is 53.3 Å². The number of fused-ring (bicyclic) bond motifs is 1. The van der Waals surface area contributed by atoms with E-state index in [0.717, 1.165) is 25.8 Å². The van der Waals surface area contributed by atoms with Gasteiger partial charge in [-0.05, 0) is 31.6 Å². The van der Waals surface area contributed by atoms with Crippen molar-refractivity contribution >= 4 is 12.0 Å². The Labute approximate surface area is 124 Å². The zero-order valence-corrected chi connectivity index (χ0v) is 12.3. The second kappa shape index (κ2) is 5.83. The average Bonchev–Trinajstić information content (AvgIpc) is 2.96. The molecule has 2 amide bonds. The number of nitrogens with zero attached hydrogens (tertiary/aromatic N) is 1. The average molecular weight is 296 g/mol. The molecular formula is C15H24N2O4. The van der Waals surface area contributed by atoms with Gasteiger partial charge in [-0.15, -0.1) is 0 Å². The molecule has 6 nitrogen and oxygen atoms in total.